The molecule has 3 heteroatoms. The van der Waals surface area contributed by atoms with Gasteiger partial charge in [-0.05, 0) is 44.5 Å². The number of nitrogens with two attached hydrogens (primary N) is 1. The minimum atomic E-state index is -0.501. The lowest BCUT2D eigenvalue weighted by molar-refractivity contribution is 0.00696. The van der Waals surface area contributed by atoms with E-state index < -0.39 is 5.60 Å². The van der Waals surface area contributed by atoms with Crippen LogP contribution in [0.5, 0.6) is 0 Å². The van der Waals surface area contributed by atoms with Crippen molar-refractivity contribution in [3.63, 3.8) is 0 Å². The van der Waals surface area contributed by atoms with Gasteiger partial charge in [0.1, 0.15) is 5.60 Å². The summed E-state index contributed by atoms with van der Waals surface area (Å²) < 4.78 is 5.37. The highest BCUT2D eigenvalue weighted by Crippen LogP contribution is 2.26. The Kier molecular flexibility index (Phi) is 3.79. The van der Waals surface area contributed by atoms with E-state index in [4.69, 9.17) is 10.5 Å². The van der Waals surface area contributed by atoms with Gasteiger partial charge in [-0.3, -0.25) is 0 Å². The number of carbonyl (C=O) groups excluding carboxylic acids is 1. The number of carbonyl (C=O) groups is 1. The van der Waals surface area contributed by atoms with E-state index in [1.165, 1.54) is 0 Å². The van der Waals surface area contributed by atoms with Gasteiger partial charge < -0.3 is 10.5 Å². The van der Waals surface area contributed by atoms with E-state index in [1.54, 1.807) is 12.1 Å². The van der Waals surface area contributed by atoms with Crippen molar-refractivity contribution in [3.05, 3.63) is 54.1 Å². The topological polar surface area (TPSA) is 52.3 Å². The first-order valence-electron chi connectivity index (χ1n) is 6.55. The molecule has 0 aliphatic carbocycles. The van der Waals surface area contributed by atoms with Crippen LogP contribution in [0.15, 0.2) is 48.5 Å². The zero-order chi connectivity index (χ0) is 14.8. The van der Waals surface area contributed by atoms with Gasteiger partial charge in [-0.2, -0.15) is 0 Å². The lowest BCUT2D eigenvalue weighted by Crippen LogP contribution is -2.23. The zero-order valence-electron chi connectivity index (χ0n) is 12.0. The van der Waals surface area contributed by atoms with E-state index in [0.29, 0.717) is 11.3 Å². The Hall–Kier alpha value is -2.29. The molecule has 0 aromatic heterocycles. The summed E-state index contributed by atoms with van der Waals surface area (Å²) in [6, 6.07) is 14.9. The summed E-state index contributed by atoms with van der Waals surface area (Å²) in [6.07, 6.45) is 0. The maximum atomic E-state index is 12.1. The molecule has 3 nitrogen and oxygen atoms in total. The van der Waals surface area contributed by atoms with E-state index in [9.17, 15) is 4.79 Å². The van der Waals surface area contributed by atoms with Gasteiger partial charge in [0.05, 0.1) is 5.56 Å². The number of anilines is 1. The van der Waals surface area contributed by atoms with Crippen molar-refractivity contribution in [3.8, 4) is 11.1 Å². The lowest BCUT2D eigenvalue weighted by atomic mass is 10.0. The number of para-hydroxylation sites is 1. The summed E-state index contributed by atoms with van der Waals surface area (Å²) in [4.78, 5) is 12.1. The molecule has 0 spiro atoms. The van der Waals surface area contributed by atoms with Gasteiger partial charge in [0.2, 0.25) is 0 Å². The minimum Gasteiger partial charge on any atom is -0.456 e. The predicted octanol–water partition coefficient (Wildman–Crippen LogP) is 3.89. The SMILES string of the molecule is CC(C)(C)OC(=O)c1cccc(-c2ccccc2N)c1. The summed E-state index contributed by atoms with van der Waals surface area (Å²) >= 11 is 0. The molecule has 0 fully saturated rings. The standard InChI is InChI=1S/C17H19NO2/c1-17(2,3)20-16(19)13-8-6-7-12(11-13)14-9-4-5-10-15(14)18/h4-11H,18H2,1-3H3. The molecule has 0 saturated carbocycles. The Balaban J connectivity index is 2.34. The third-order valence-electron chi connectivity index (χ3n) is 2.77. The summed E-state index contributed by atoms with van der Waals surface area (Å²) in [5.74, 6) is -0.325. The summed E-state index contributed by atoms with van der Waals surface area (Å²) in [7, 11) is 0. The molecule has 0 unspecified atom stereocenters. The lowest BCUT2D eigenvalue weighted by Gasteiger charge is -2.19. The van der Waals surface area contributed by atoms with Crippen LogP contribution in [0.4, 0.5) is 5.69 Å². The van der Waals surface area contributed by atoms with Crippen molar-refractivity contribution in [1.29, 1.82) is 0 Å². The van der Waals surface area contributed by atoms with Crippen molar-refractivity contribution >= 4 is 11.7 Å². The molecule has 0 radical (unpaired) electrons. The Labute approximate surface area is 119 Å². The molecule has 0 amide bonds. The van der Waals surface area contributed by atoms with Gasteiger partial charge in [-0.25, -0.2) is 4.79 Å². The van der Waals surface area contributed by atoms with E-state index in [-0.39, 0.29) is 5.97 Å². The molecular weight excluding hydrogens is 250 g/mol. The largest absolute Gasteiger partial charge is 0.456 e. The Morgan fingerprint density at radius 2 is 1.75 bits per heavy atom. The highest BCUT2D eigenvalue weighted by atomic mass is 16.6. The van der Waals surface area contributed by atoms with Crippen molar-refractivity contribution in [1.82, 2.24) is 0 Å². The quantitative estimate of drug-likeness (QED) is 0.664. The molecule has 2 N–H and O–H groups in total. The summed E-state index contributed by atoms with van der Waals surface area (Å²) in [5.41, 5.74) is 8.50. The number of esters is 1. The third-order valence-corrected chi connectivity index (χ3v) is 2.77. The number of nitrogen functional groups attached to an aromatic ring is 1. The minimum absolute atomic E-state index is 0.325. The average molecular weight is 269 g/mol. The van der Waals surface area contributed by atoms with Crippen LogP contribution in [0.1, 0.15) is 31.1 Å². The van der Waals surface area contributed by atoms with Crippen LogP contribution in [0, 0.1) is 0 Å². The van der Waals surface area contributed by atoms with E-state index in [2.05, 4.69) is 0 Å². The van der Waals surface area contributed by atoms with Crippen LogP contribution in [-0.2, 0) is 4.74 Å². The molecule has 0 saturated heterocycles. The first-order chi connectivity index (χ1) is 9.37. The second-order valence-corrected chi connectivity index (χ2v) is 5.67. The van der Waals surface area contributed by atoms with Gasteiger partial charge >= 0.3 is 5.97 Å². The number of ether oxygens (including phenoxy) is 1. The van der Waals surface area contributed by atoms with Gasteiger partial charge in [0.25, 0.3) is 0 Å². The van der Waals surface area contributed by atoms with Gasteiger partial charge in [0, 0.05) is 11.3 Å². The van der Waals surface area contributed by atoms with Gasteiger partial charge in [0.15, 0.2) is 0 Å². The van der Waals surface area contributed by atoms with Crippen LogP contribution in [0.25, 0.3) is 11.1 Å². The van der Waals surface area contributed by atoms with E-state index >= 15 is 0 Å². The molecule has 2 aromatic carbocycles. The highest BCUT2D eigenvalue weighted by molar-refractivity contribution is 5.92. The molecule has 2 rings (SSSR count). The van der Waals surface area contributed by atoms with Crippen LogP contribution in [0.2, 0.25) is 0 Å². The molecule has 104 valence electrons. The fourth-order valence-corrected chi connectivity index (χ4v) is 1.91. The Morgan fingerprint density at radius 1 is 1.05 bits per heavy atom. The number of benzene rings is 2. The second-order valence-electron chi connectivity index (χ2n) is 5.67. The monoisotopic (exact) mass is 269 g/mol. The number of hydrogen-bond acceptors (Lipinski definition) is 3. The molecule has 0 aliphatic heterocycles. The maximum absolute atomic E-state index is 12.1. The molecule has 2 aromatic rings. The van der Waals surface area contributed by atoms with Crippen molar-refractivity contribution in [2.24, 2.45) is 0 Å². The van der Waals surface area contributed by atoms with Crippen LogP contribution in [0.3, 0.4) is 0 Å². The third kappa shape index (κ3) is 3.38. The predicted molar refractivity (Wildman–Crippen MR) is 81.5 cm³/mol. The average Bonchev–Trinajstić information content (AvgIpc) is 2.37. The van der Waals surface area contributed by atoms with E-state index in [0.717, 1.165) is 11.1 Å². The van der Waals surface area contributed by atoms with Crippen LogP contribution >= 0.6 is 0 Å². The van der Waals surface area contributed by atoms with Gasteiger partial charge in [-0.1, -0.05) is 30.3 Å². The first-order valence-corrected chi connectivity index (χ1v) is 6.55. The van der Waals surface area contributed by atoms with Crippen LogP contribution in [-0.4, -0.2) is 11.6 Å². The molecular formula is C17H19NO2. The molecule has 0 heterocycles. The normalized spacial score (nSPS) is 11.2. The first kappa shape index (κ1) is 14.1. The van der Waals surface area contributed by atoms with Crippen LogP contribution < -0.4 is 5.73 Å². The van der Waals surface area contributed by atoms with Crippen molar-refractivity contribution < 1.29 is 9.53 Å². The van der Waals surface area contributed by atoms with Crippen molar-refractivity contribution in [2.45, 2.75) is 26.4 Å². The second kappa shape index (κ2) is 5.37. The fraction of sp³-hybridized carbons (Fsp3) is 0.235. The summed E-state index contributed by atoms with van der Waals surface area (Å²) in [5, 5.41) is 0. The molecule has 0 bridgehead atoms. The maximum Gasteiger partial charge on any atom is 0.338 e. The number of rotatable bonds is 2. The number of hydrogen-bond donors (Lipinski definition) is 1. The highest BCUT2D eigenvalue weighted by Gasteiger charge is 2.18. The smallest absolute Gasteiger partial charge is 0.338 e. The zero-order valence-corrected chi connectivity index (χ0v) is 12.0. The Morgan fingerprint density at radius 3 is 2.40 bits per heavy atom. The van der Waals surface area contributed by atoms with Gasteiger partial charge in [-0.15, -0.1) is 0 Å². The molecule has 20 heavy (non-hydrogen) atoms. The van der Waals surface area contributed by atoms with Crippen molar-refractivity contribution in [2.75, 3.05) is 5.73 Å². The Bertz CT molecular complexity index is 627. The summed E-state index contributed by atoms with van der Waals surface area (Å²) in [6.45, 7) is 5.55. The molecule has 0 aliphatic rings. The fourth-order valence-electron chi connectivity index (χ4n) is 1.91. The van der Waals surface area contributed by atoms with E-state index in [1.807, 2.05) is 57.2 Å². The molecule has 0 atom stereocenters.